The van der Waals surface area contributed by atoms with Crippen molar-refractivity contribution in [2.45, 2.75) is 51.1 Å². The van der Waals surface area contributed by atoms with Crippen LogP contribution in [0.2, 0.25) is 5.02 Å². The lowest BCUT2D eigenvalue weighted by molar-refractivity contribution is 0.419. The van der Waals surface area contributed by atoms with Gasteiger partial charge in [-0.05, 0) is 31.9 Å². The van der Waals surface area contributed by atoms with Crippen LogP contribution in [0.15, 0.2) is 18.2 Å². The number of nitrogens with zero attached hydrogens (tertiary/aromatic N) is 2. The van der Waals surface area contributed by atoms with E-state index >= 15 is 0 Å². The van der Waals surface area contributed by atoms with Gasteiger partial charge in [-0.1, -0.05) is 30.5 Å². The summed E-state index contributed by atoms with van der Waals surface area (Å²) in [6.07, 6.45) is 5.54. The highest BCUT2D eigenvalue weighted by Crippen LogP contribution is 2.32. The molecule has 1 aliphatic rings. The van der Waals surface area contributed by atoms with E-state index in [1.807, 2.05) is 18.2 Å². The minimum atomic E-state index is -0.0687. The van der Waals surface area contributed by atoms with Crippen molar-refractivity contribution in [2.24, 2.45) is 5.73 Å². The van der Waals surface area contributed by atoms with E-state index in [2.05, 4.69) is 11.5 Å². The van der Waals surface area contributed by atoms with E-state index in [-0.39, 0.29) is 5.54 Å². The fourth-order valence-electron chi connectivity index (χ4n) is 3.24. The van der Waals surface area contributed by atoms with E-state index in [9.17, 15) is 0 Å². The topological polar surface area (TPSA) is 43.8 Å². The van der Waals surface area contributed by atoms with Gasteiger partial charge in [0.05, 0.1) is 16.1 Å². The van der Waals surface area contributed by atoms with E-state index in [0.717, 1.165) is 47.7 Å². The van der Waals surface area contributed by atoms with Crippen molar-refractivity contribution < 1.29 is 0 Å². The maximum atomic E-state index is 6.49. The van der Waals surface area contributed by atoms with Gasteiger partial charge in [0, 0.05) is 18.5 Å². The Bertz CT molecular complexity index is 597. The second-order valence-corrected chi connectivity index (χ2v) is 6.03. The molecule has 0 unspecified atom stereocenters. The van der Waals surface area contributed by atoms with Gasteiger partial charge in [-0.15, -0.1) is 0 Å². The van der Waals surface area contributed by atoms with E-state index in [0.29, 0.717) is 0 Å². The first kappa shape index (κ1) is 12.9. The first-order valence-electron chi connectivity index (χ1n) is 7.05. The fourth-order valence-corrected chi connectivity index (χ4v) is 3.51. The first-order valence-corrected chi connectivity index (χ1v) is 7.43. The van der Waals surface area contributed by atoms with Crippen molar-refractivity contribution in [1.82, 2.24) is 9.55 Å². The molecule has 2 aromatic rings. The average molecular weight is 278 g/mol. The number of halogens is 1. The molecule has 1 aromatic heterocycles. The predicted molar refractivity (Wildman–Crippen MR) is 79.5 cm³/mol. The summed E-state index contributed by atoms with van der Waals surface area (Å²) < 4.78 is 2.21. The molecule has 3 rings (SSSR count). The number of para-hydroxylation sites is 1. The van der Waals surface area contributed by atoms with Gasteiger partial charge >= 0.3 is 0 Å². The lowest BCUT2D eigenvalue weighted by atomic mass is 9.94. The minimum absolute atomic E-state index is 0.0687. The molecule has 0 atom stereocenters. The van der Waals surface area contributed by atoms with Gasteiger partial charge in [-0.2, -0.15) is 0 Å². The largest absolute Gasteiger partial charge is 0.327 e. The summed E-state index contributed by atoms with van der Waals surface area (Å²) >= 11 is 6.31. The van der Waals surface area contributed by atoms with E-state index < -0.39 is 0 Å². The van der Waals surface area contributed by atoms with Crippen LogP contribution < -0.4 is 5.73 Å². The molecule has 0 saturated heterocycles. The highest BCUT2D eigenvalue weighted by Gasteiger charge is 2.31. The molecule has 0 aliphatic heterocycles. The Morgan fingerprint density at radius 3 is 2.79 bits per heavy atom. The van der Waals surface area contributed by atoms with Crippen molar-refractivity contribution in [2.75, 3.05) is 0 Å². The summed E-state index contributed by atoms with van der Waals surface area (Å²) in [5.41, 5.74) is 8.44. The fraction of sp³-hybridized carbons (Fsp3) is 0.533. The Morgan fingerprint density at radius 2 is 2.11 bits per heavy atom. The maximum Gasteiger partial charge on any atom is 0.111 e. The van der Waals surface area contributed by atoms with Gasteiger partial charge < -0.3 is 10.3 Å². The van der Waals surface area contributed by atoms with Crippen molar-refractivity contribution in [3.05, 3.63) is 29.0 Å². The van der Waals surface area contributed by atoms with Gasteiger partial charge in [0.25, 0.3) is 0 Å². The SMILES string of the molecule is CCn1c(CC2(N)CCCC2)nc2cccc(Cl)c21. The number of aryl methyl sites for hydroxylation is 1. The van der Waals surface area contributed by atoms with Crippen LogP contribution in [0.1, 0.15) is 38.4 Å². The van der Waals surface area contributed by atoms with Gasteiger partial charge in [-0.3, -0.25) is 0 Å². The van der Waals surface area contributed by atoms with Gasteiger partial charge in [0.2, 0.25) is 0 Å². The first-order chi connectivity index (χ1) is 9.13. The molecule has 0 bridgehead atoms. The van der Waals surface area contributed by atoms with Crippen LogP contribution in [0.25, 0.3) is 11.0 Å². The lowest BCUT2D eigenvalue weighted by Gasteiger charge is -2.23. The number of hydrogen-bond acceptors (Lipinski definition) is 2. The number of imidazole rings is 1. The van der Waals surface area contributed by atoms with E-state index in [1.165, 1.54) is 12.8 Å². The number of rotatable bonds is 3. The normalized spacial score (nSPS) is 18.3. The Balaban J connectivity index is 2.06. The summed E-state index contributed by atoms with van der Waals surface area (Å²) in [6, 6.07) is 5.90. The highest BCUT2D eigenvalue weighted by atomic mass is 35.5. The molecule has 1 heterocycles. The molecule has 1 aliphatic carbocycles. The molecule has 0 radical (unpaired) electrons. The van der Waals surface area contributed by atoms with Crippen LogP contribution in [-0.2, 0) is 13.0 Å². The highest BCUT2D eigenvalue weighted by molar-refractivity contribution is 6.35. The third-order valence-electron chi connectivity index (χ3n) is 4.22. The molecule has 3 nitrogen and oxygen atoms in total. The molecule has 1 aromatic carbocycles. The zero-order valence-corrected chi connectivity index (χ0v) is 12.1. The zero-order valence-electron chi connectivity index (χ0n) is 11.3. The zero-order chi connectivity index (χ0) is 13.5. The van der Waals surface area contributed by atoms with Crippen LogP contribution in [0.4, 0.5) is 0 Å². The second-order valence-electron chi connectivity index (χ2n) is 5.63. The predicted octanol–water partition coefficient (Wildman–Crippen LogP) is 3.52. The Hall–Kier alpha value is -1.06. The number of nitrogens with two attached hydrogens (primary N) is 1. The molecular formula is C15H20ClN3. The molecular weight excluding hydrogens is 258 g/mol. The minimum Gasteiger partial charge on any atom is -0.327 e. The Morgan fingerprint density at radius 1 is 1.37 bits per heavy atom. The summed E-state index contributed by atoms with van der Waals surface area (Å²) in [4.78, 5) is 4.75. The van der Waals surface area contributed by atoms with Crippen molar-refractivity contribution >= 4 is 22.6 Å². The summed E-state index contributed by atoms with van der Waals surface area (Å²) in [5.74, 6) is 1.08. The molecule has 2 N–H and O–H groups in total. The molecule has 102 valence electrons. The van der Waals surface area contributed by atoms with Crippen molar-refractivity contribution in [1.29, 1.82) is 0 Å². The quantitative estimate of drug-likeness (QED) is 0.933. The molecule has 19 heavy (non-hydrogen) atoms. The lowest BCUT2D eigenvalue weighted by Crippen LogP contribution is -2.39. The monoisotopic (exact) mass is 277 g/mol. The van der Waals surface area contributed by atoms with Crippen LogP contribution in [0.3, 0.4) is 0 Å². The number of benzene rings is 1. The van der Waals surface area contributed by atoms with E-state index in [1.54, 1.807) is 0 Å². The Kier molecular flexibility index (Phi) is 3.27. The molecule has 1 saturated carbocycles. The van der Waals surface area contributed by atoms with Crippen molar-refractivity contribution in [3.63, 3.8) is 0 Å². The van der Waals surface area contributed by atoms with Crippen LogP contribution >= 0.6 is 11.6 Å². The molecule has 0 spiro atoms. The van der Waals surface area contributed by atoms with Crippen molar-refractivity contribution in [3.8, 4) is 0 Å². The second kappa shape index (κ2) is 4.80. The summed E-state index contributed by atoms with van der Waals surface area (Å²) in [5, 5.41) is 0.774. The number of fused-ring (bicyclic) bond motifs is 1. The van der Waals surface area contributed by atoms with Crippen LogP contribution in [0.5, 0.6) is 0 Å². The molecule has 4 heteroatoms. The molecule has 1 fully saturated rings. The van der Waals surface area contributed by atoms with Gasteiger partial charge in [0.1, 0.15) is 5.82 Å². The van der Waals surface area contributed by atoms with Gasteiger partial charge in [0.15, 0.2) is 0 Å². The maximum absolute atomic E-state index is 6.49. The number of hydrogen-bond donors (Lipinski definition) is 1. The smallest absolute Gasteiger partial charge is 0.111 e. The third kappa shape index (κ3) is 2.26. The van der Waals surface area contributed by atoms with Crippen LogP contribution in [0, 0.1) is 0 Å². The van der Waals surface area contributed by atoms with Crippen LogP contribution in [-0.4, -0.2) is 15.1 Å². The standard InChI is InChI=1S/C15H20ClN3/c1-2-19-13(10-15(17)8-3-4-9-15)18-12-7-5-6-11(16)14(12)19/h5-7H,2-4,8-10,17H2,1H3. The Labute approximate surface area is 118 Å². The van der Waals surface area contributed by atoms with E-state index in [4.69, 9.17) is 22.3 Å². The third-order valence-corrected chi connectivity index (χ3v) is 4.53. The summed E-state index contributed by atoms with van der Waals surface area (Å²) in [6.45, 7) is 3.01. The molecule has 0 amide bonds. The number of aromatic nitrogens is 2. The van der Waals surface area contributed by atoms with Gasteiger partial charge in [-0.25, -0.2) is 4.98 Å². The summed E-state index contributed by atoms with van der Waals surface area (Å²) in [7, 11) is 0. The average Bonchev–Trinajstić information content (AvgIpc) is 2.94.